The number of benzene rings is 1. The maximum Gasteiger partial charge on any atom is 0.238 e. The summed E-state index contributed by atoms with van der Waals surface area (Å²) in [6.45, 7) is 7.29. The molecule has 1 aromatic carbocycles. The van der Waals surface area contributed by atoms with Crippen molar-refractivity contribution in [1.29, 1.82) is 0 Å². The number of hydrogen-bond acceptors (Lipinski definition) is 6. The summed E-state index contributed by atoms with van der Waals surface area (Å²) in [5.74, 6) is 1.55. The Morgan fingerprint density at radius 3 is 2.48 bits per heavy atom. The first-order chi connectivity index (χ1) is 14.1. The van der Waals surface area contributed by atoms with Gasteiger partial charge in [-0.15, -0.1) is 0 Å². The highest BCUT2D eigenvalue weighted by molar-refractivity contribution is 5.92. The Balaban J connectivity index is 1.19. The van der Waals surface area contributed by atoms with E-state index in [1.165, 1.54) is 6.42 Å². The fourth-order valence-corrected chi connectivity index (χ4v) is 4.23. The summed E-state index contributed by atoms with van der Waals surface area (Å²) in [7, 11) is 0. The SMILES string of the molecule is CC1CCCCN1C(=O)CN1CCN(CC(=O)Nc2ccc3c(c2)OCO3)CC1. The average molecular weight is 402 g/mol. The third-order valence-electron chi connectivity index (χ3n) is 5.97. The minimum Gasteiger partial charge on any atom is -0.454 e. The largest absolute Gasteiger partial charge is 0.454 e. The zero-order valence-corrected chi connectivity index (χ0v) is 17.1. The fourth-order valence-electron chi connectivity index (χ4n) is 4.23. The summed E-state index contributed by atoms with van der Waals surface area (Å²) < 4.78 is 10.6. The third kappa shape index (κ3) is 5.00. The number of piperazine rings is 1. The van der Waals surface area contributed by atoms with Gasteiger partial charge in [-0.25, -0.2) is 0 Å². The van der Waals surface area contributed by atoms with Gasteiger partial charge in [0.25, 0.3) is 0 Å². The molecule has 0 saturated carbocycles. The molecular weight excluding hydrogens is 372 g/mol. The van der Waals surface area contributed by atoms with Gasteiger partial charge in [-0.1, -0.05) is 0 Å². The molecule has 1 atom stereocenters. The van der Waals surface area contributed by atoms with Crippen LogP contribution in [0.1, 0.15) is 26.2 Å². The molecule has 1 aromatic rings. The Kier molecular flexibility index (Phi) is 6.20. The second-order valence-corrected chi connectivity index (χ2v) is 8.10. The molecule has 0 radical (unpaired) electrons. The zero-order valence-electron chi connectivity index (χ0n) is 17.1. The molecule has 0 spiro atoms. The van der Waals surface area contributed by atoms with Crippen LogP contribution in [0.3, 0.4) is 0 Å². The van der Waals surface area contributed by atoms with Crippen LogP contribution in [0.15, 0.2) is 18.2 Å². The van der Waals surface area contributed by atoms with Crippen LogP contribution < -0.4 is 14.8 Å². The summed E-state index contributed by atoms with van der Waals surface area (Å²) in [4.78, 5) is 31.4. The topological polar surface area (TPSA) is 74.4 Å². The van der Waals surface area contributed by atoms with Crippen molar-refractivity contribution in [2.24, 2.45) is 0 Å². The number of ether oxygens (including phenoxy) is 2. The van der Waals surface area contributed by atoms with Crippen molar-refractivity contribution < 1.29 is 19.1 Å². The van der Waals surface area contributed by atoms with Crippen LogP contribution in [0.5, 0.6) is 11.5 Å². The molecule has 3 aliphatic rings. The van der Waals surface area contributed by atoms with Gasteiger partial charge in [0.05, 0.1) is 13.1 Å². The number of piperidine rings is 1. The lowest BCUT2D eigenvalue weighted by atomic mass is 10.0. The smallest absolute Gasteiger partial charge is 0.238 e. The Labute approximate surface area is 171 Å². The second kappa shape index (κ2) is 9.00. The van der Waals surface area contributed by atoms with Crippen LogP contribution in [-0.2, 0) is 9.59 Å². The second-order valence-electron chi connectivity index (χ2n) is 8.10. The van der Waals surface area contributed by atoms with Crippen LogP contribution in [0, 0.1) is 0 Å². The van der Waals surface area contributed by atoms with Gasteiger partial charge in [-0.3, -0.25) is 19.4 Å². The molecule has 8 heteroatoms. The lowest BCUT2D eigenvalue weighted by Gasteiger charge is -2.37. The lowest BCUT2D eigenvalue weighted by Crippen LogP contribution is -2.53. The van der Waals surface area contributed by atoms with Gasteiger partial charge >= 0.3 is 0 Å². The van der Waals surface area contributed by atoms with Crippen molar-refractivity contribution >= 4 is 17.5 Å². The van der Waals surface area contributed by atoms with Gasteiger partial charge < -0.3 is 19.7 Å². The highest BCUT2D eigenvalue weighted by Gasteiger charge is 2.26. The van der Waals surface area contributed by atoms with Crippen molar-refractivity contribution in [2.75, 3.05) is 57.9 Å². The van der Waals surface area contributed by atoms with Crippen molar-refractivity contribution in [1.82, 2.24) is 14.7 Å². The predicted molar refractivity (Wildman–Crippen MR) is 109 cm³/mol. The van der Waals surface area contributed by atoms with E-state index in [1.807, 2.05) is 11.0 Å². The van der Waals surface area contributed by atoms with Crippen molar-refractivity contribution in [3.63, 3.8) is 0 Å². The summed E-state index contributed by atoms with van der Waals surface area (Å²) in [5.41, 5.74) is 0.708. The number of amides is 2. The lowest BCUT2D eigenvalue weighted by molar-refractivity contribution is -0.136. The van der Waals surface area contributed by atoms with Crippen LogP contribution in [0.25, 0.3) is 0 Å². The first kappa shape index (κ1) is 20.0. The molecule has 2 fully saturated rings. The van der Waals surface area contributed by atoms with Gasteiger partial charge in [0.15, 0.2) is 11.5 Å². The van der Waals surface area contributed by atoms with Crippen LogP contribution in [-0.4, -0.2) is 85.2 Å². The Morgan fingerprint density at radius 1 is 1.00 bits per heavy atom. The third-order valence-corrected chi connectivity index (χ3v) is 5.97. The van der Waals surface area contributed by atoms with Crippen molar-refractivity contribution in [3.05, 3.63) is 18.2 Å². The van der Waals surface area contributed by atoms with Crippen LogP contribution >= 0.6 is 0 Å². The molecule has 1 N–H and O–H groups in total. The van der Waals surface area contributed by atoms with E-state index in [0.29, 0.717) is 36.3 Å². The van der Waals surface area contributed by atoms with E-state index in [-0.39, 0.29) is 18.6 Å². The molecule has 0 aliphatic carbocycles. The first-order valence-electron chi connectivity index (χ1n) is 10.5. The molecule has 3 heterocycles. The van der Waals surface area contributed by atoms with E-state index in [9.17, 15) is 9.59 Å². The molecule has 158 valence electrons. The Hall–Kier alpha value is -2.32. The van der Waals surface area contributed by atoms with Gasteiger partial charge in [0, 0.05) is 50.5 Å². The van der Waals surface area contributed by atoms with E-state index >= 15 is 0 Å². The number of nitrogens with zero attached hydrogens (tertiary/aromatic N) is 3. The molecule has 8 nitrogen and oxygen atoms in total. The molecule has 1 unspecified atom stereocenters. The number of hydrogen-bond donors (Lipinski definition) is 1. The molecule has 0 bridgehead atoms. The summed E-state index contributed by atoms with van der Waals surface area (Å²) in [6, 6.07) is 5.76. The summed E-state index contributed by atoms with van der Waals surface area (Å²) in [6.07, 6.45) is 3.44. The zero-order chi connectivity index (χ0) is 20.2. The van der Waals surface area contributed by atoms with E-state index < -0.39 is 0 Å². The minimum atomic E-state index is -0.0458. The van der Waals surface area contributed by atoms with Gasteiger partial charge in [0.1, 0.15) is 0 Å². The summed E-state index contributed by atoms with van der Waals surface area (Å²) in [5, 5.41) is 2.92. The van der Waals surface area contributed by atoms with Crippen molar-refractivity contribution in [3.8, 4) is 11.5 Å². The number of fused-ring (bicyclic) bond motifs is 1. The average Bonchev–Trinajstić information content (AvgIpc) is 3.17. The maximum absolute atomic E-state index is 12.6. The first-order valence-corrected chi connectivity index (χ1v) is 10.5. The van der Waals surface area contributed by atoms with Crippen LogP contribution in [0.2, 0.25) is 0 Å². The standard InChI is InChI=1S/C21H30N4O4/c1-16-4-2-3-7-25(16)21(27)14-24-10-8-23(9-11-24)13-20(26)22-17-5-6-18-19(12-17)29-15-28-18/h5-6,12,16H,2-4,7-11,13-15H2,1H3,(H,22,26). The molecule has 0 aromatic heterocycles. The Bertz CT molecular complexity index is 748. The Morgan fingerprint density at radius 2 is 1.72 bits per heavy atom. The molecule has 29 heavy (non-hydrogen) atoms. The monoisotopic (exact) mass is 402 g/mol. The molecule has 2 saturated heterocycles. The van der Waals surface area contributed by atoms with Gasteiger partial charge in [-0.2, -0.15) is 0 Å². The number of nitrogens with one attached hydrogen (secondary N) is 1. The van der Waals surface area contributed by atoms with E-state index in [0.717, 1.165) is 45.6 Å². The predicted octanol–water partition coefficient (Wildman–Crippen LogP) is 1.37. The number of likely N-dealkylation sites (tertiary alicyclic amines) is 1. The molecular formula is C21H30N4O4. The fraction of sp³-hybridized carbons (Fsp3) is 0.619. The minimum absolute atomic E-state index is 0.0458. The normalized spacial score (nSPS) is 22.5. The maximum atomic E-state index is 12.6. The number of rotatable bonds is 5. The van der Waals surface area contributed by atoms with E-state index in [4.69, 9.17) is 9.47 Å². The van der Waals surface area contributed by atoms with Gasteiger partial charge in [-0.05, 0) is 38.3 Å². The van der Waals surface area contributed by atoms with Crippen LogP contribution in [0.4, 0.5) is 5.69 Å². The highest BCUT2D eigenvalue weighted by atomic mass is 16.7. The molecule has 3 aliphatic heterocycles. The van der Waals surface area contributed by atoms with Crippen molar-refractivity contribution in [2.45, 2.75) is 32.2 Å². The van der Waals surface area contributed by atoms with Gasteiger partial charge in [0.2, 0.25) is 18.6 Å². The number of carbonyl (C=O) groups is 2. The number of carbonyl (C=O) groups excluding carboxylic acids is 2. The highest BCUT2D eigenvalue weighted by Crippen LogP contribution is 2.34. The number of anilines is 1. The quantitative estimate of drug-likeness (QED) is 0.802. The van der Waals surface area contributed by atoms with E-state index in [2.05, 4.69) is 22.0 Å². The molecule has 2 amide bonds. The summed E-state index contributed by atoms with van der Waals surface area (Å²) >= 11 is 0. The van der Waals surface area contributed by atoms with E-state index in [1.54, 1.807) is 12.1 Å². The molecule has 4 rings (SSSR count).